The van der Waals surface area contributed by atoms with Gasteiger partial charge in [0.1, 0.15) is 0 Å². The van der Waals surface area contributed by atoms with Gasteiger partial charge >= 0.3 is 0 Å². The Bertz CT molecular complexity index is 135. The van der Waals surface area contributed by atoms with Gasteiger partial charge in [-0.2, -0.15) is 0 Å². The highest BCUT2D eigenvalue weighted by atomic mass is 14.6. The van der Waals surface area contributed by atoms with E-state index in [1.54, 1.807) is 12.2 Å². The van der Waals surface area contributed by atoms with Crippen LogP contribution in [-0.2, 0) is 0 Å². The molecule has 0 aromatic carbocycles. The minimum absolute atomic E-state index is 0.628. The smallest absolute Gasteiger partial charge is 0.0511 e. The van der Waals surface area contributed by atoms with E-state index >= 15 is 0 Å². The second kappa shape index (κ2) is 1.94. The van der Waals surface area contributed by atoms with Crippen molar-refractivity contribution < 1.29 is 1.37 Å². The van der Waals surface area contributed by atoms with E-state index in [0.717, 1.165) is 0 Å². The molecule has 0 bridgehead atoms. The highest BCUT2D eigenvalue weighted by Crippen LogP contribution is 1.97. The van der Waals surface area contributed by atoms with Gasteiger partial charge in [-0.1, -0.05) is 24.3 Å². The number of nitrogens with two attached hydrogens (primary N) is 1. The fourth-order valence-electron chi connectivity index (χ4n) is 0.530. The SMILES string of the molecule is [2H]C1(N)C=CC=CC1. The van der Waals surface area contributed by atoms with Crippen LogP contribution in [0.2, 0.25) is 0 Å². The highest BCUT2D eigenvalue weighted by Gasteiger charge is 1.93. The zero-order valence-electron chi connectivity index (χ0n) is 5.09. The van der Waals surface area contributed by atoms with Crippen molar-refractivity contribution in [3.05, 3.63) is 24.3 Å². The fraction of sp³-hybridized carbons (Fsp3) is 0.333. The summed E-state index contributed by atoms with van der Waals surface area (Å²) < 4.78 is 7.27. The lowest BCUT2D eigenvalue weighted by Crippen LogP contribution is -2.16. The van der Waals surface area contributed by atoms with Crippen LogP contribution in [0.3, 0.4) is 0 Å². The molecule has 0 amide bonds. The van der Waals surface area contributed by atoms with Crippen molar-refractivity contribution >= 4 is 0 Å². The summed E-state index contributed by atoms with van der Waals surface area (Å²) in [5, 5.41) is 0. The largest absolute Gasteiger partial charge is 0.324 e. The normalized spacial score (nSPS) is 41.0. The molecule has 0 aromatic heterocycles. The Morgan fingerprint density at radius 3 is 2.86 bits per heavy atom. The first-order valence-electron chi connectivity index (χ1n) is 2.84. The van der Waals surface area contributed by atoms with E-state index in [1.807, 2.05) is 12.2 Å². The highest BCUT2D eigenvalue weighted by molar-refractivity contribution is 5.12. The first kappa shape index (κ1) is 3.44. The maximum Gasteiger partial charge on any atom is 0.0511 e. The minimum Gasteiger partial charge on any atom is -0.324 e. The van der Waals surface area contributed by atoms with Gasteiger partial charge in [0.15, 0.2) is 0 Å². The summed E-state index contributed by atoms with van der Waals surface area (Å²) >= 11 is 0. The Kier molecular flexibility index (Phi) is 0.953. The van der Waals surface area contributed by atoms with Crippen LogP contribution >= 0.6 is 0 Å². The molecule has 7 heavy (non-hydrogen) atoms. The third-order valence-electron chi connectivity index (χ3n) is 0.911. The predicted octanol–water partition coefficient (Wildman–Crippen LogP) is 0.830. The number of allylic oxidation sites excluding steroid dienone is 2. The molecule has 0 radical (unpaired) electrons. The van der Waals surface area contributed by atoms with Crippen molar-refractivity contribution in [3.8, 4) is 0 Å². The summed E-state index contributed by atoms with van der Waals surface area (Å²) in [6.07, 6.45) is 7.92. The molecular weight excluding hydrogens is 86.1 g/mol. The first-order valence-corrected chi connectivity index (χ1v) is 2.34. The van der Waals surface area contributed by atoms with Gasteiger partial charge in [-0.15, -0.1) is 0 Å². The van der Waals surface area contributed by atoms with E-state index in [-0.39, 0.29) is 0 Å². The zero-order chi connectivity index (χ0) is 6.04. The summed E-state index contributed by atoms with van der Waals surface area (Å²) in [6, 6.07) is -0.839. The Morgan fingerprint density at radius 1 is 1.71 bits per heavy atom. The number of rotatable bonds is 0. The lowest BCUT2D eigenvalue weighted by Gasteiger charge is -2.02. The zero-order valence-corrected chi connectivity index (χ0v) is 4.09. The molecule has 0 saturated carbocycles. The van der Waals surface area contributed by atoms with Gasteiger partial charge in [0.2, 0.25) is 0 Å². The molecule has 1 heteroatoms. The van der Waals surface area contributed by atoms with Crippen LogP contribution in [0.15, 0.2) is 24.3 Å². The molecule has 0 aliphatic heterocycles. The van der Waals surface area contributed by atoms with Gasteiger partial charge < -0.3 is 5.73 Å². The molecule has 2 N–H and O–H groups in total. The first-order chi connectivity index (χ1) is 3.71. The predicted molar refractivity (Wildman–Crippen MR) is 30.9 cm³/mol. The van der Waals surface area contributed by atoms with E-state index in [2.05, 4.69) is 0 Å². The van der Waals surface area contributed by atoms with Gasteiger partial charge in [-0.25, -0.2) is 0 Å². The Hall–Kier alpha value is -0.560. The van der Waals surface area contributed by atoms with Gasteiger partial charge in [-0.05, 0) is 6.42 Å². The molecule has 38 valence electrons. The average Bonchev–Trinajstić information content (AvgIpc) is 1.65. The van der Waals surface area contributed by atoms with Crippen molar-refractivity contribution in [3.63, 3.8) is 0 Å². The molecule has 1 rings (SSSR count). The Balaban J connectivity index is 2.65. The van der Waals surface area contributed by atoms with E-state index < -0.39 is 6.02 Å². The Morgan fingerprint density at radius 2 is 2.57 bits per heavy atom. The molecule has 0 aromatic rings. The maximum absolute atomic E-state index is 7.27. The molecule has 0 fully saturated rings. The van der Waals surface area contributed by atoms with Crippen LogP contribution in [0, 0.1) is 0 Å². The van der Waals surface area contributed by atoms with Gasteiger partial charge in [0, 0.05) is 6.02 Å². The molecule has 0 heterocycles. The van der Waals surface area contributed by atoms with Crippen LogP contribution in [0.1, 0.15) is 7.79 Å². The Labute approximate surface area is 44.9 Å². The lowest BCUT2D eigenvalue weighted by atomic mass is 10.1. The summed E-state index contributed by atoms with van der Waals surface area (Å²) in [6.45, 7) is 0. The van der Waals surface area contributed by atoms with Crippen LogP contribution in [0.5, 0.6) is 0 Å². The van der Waals surface area contributed by atoms with E-state index in [4.69, 9.17) is 7.10 Å². The monoisotopic (exact) mass is 96.1 g/mol. The molecule has 0 spiro atoms. The van der Waals surface area contributed by atoms with Crippen LogP contribution < -0.4 is 5.73 Å². The third kappa shape index (κ3) is 1.16. The third-order valence-corrected chi connectivity index (χ3v) is 0.911. The summed E-state index contributed by atoms with van der Waals surface area (Å²) in [4.78, 5) is 0. The van der Waals surface area contributed by atoms with Crippen molar-refractivity contribution in [2.75, 3.05) is 0 Å². The number of hydrogen-bond acceptors (Lipinski definition) is 1. The molecule has 1 aliphatic rings. The van der Waals surface area contributed by atoms with Crippen LogP contribution in [0.4, 0.5) is 0 Å². The topological polar surface area (TPSA) is 26.0 Å². The van der Waals surface area contributed by atoms with Crippen molar-refractivity contribution in [2.45, 2.75) is 12.4 Å². The maximum atomic E-state index is 7.27. The average molecular weight is 96.2 g/mol. The van der Waals surface area contributed by atoms with Crippen LogP contribution in [0.25, 0.3) is 0 Å². The quantitative estimate of drug-likeness (QED) is 0.475. The van der Waals surface area contributed by atoms with Crippen molar-refractivity contribution in [1.29, 1.82) is 0 Å². The fourth-order valence-corrected chi connectivity index (χ4v) is 0.530. The van der Waals surface area contributed by atoms with Crippen molar-refractivity contribution in [1.82, 2.24) is 0 Å². The second-order valence-corrected chi connectivity index (χ2v) is 1.57. The van der Waals surface area contributed by atoms with Crippen molar-refractivity contribution in [2.24, 2.45) is 5.73 Å². The van der Waals surface area contributed by atoms with Crippen LogP contribution in [-0.4, -0.2) is 6.02 Å². The summed E-state index contributed by atoms with van der Waals surface area (Å²) in [5.41, 5.74) is 5.41. The molecular formula is C6H9N. The standard InChI is InChI=1S/C6H9N/c7-6-4-2-1-3-5-6/h1-4,6H,5,7H2/i6D. The molecule has 0 saturated heterocycles. The van der Waals surface area contributed by atoms with Gasteiger partial charge in [-0.3, -0.25) is 0 Å². The molecule has 1 nitrogen and oxygen atoms in total. The van der Waals surface area contributed by atoms with Gasteiger partial charge in [0.25, 0.3) is 0 Å². The molecule has 1 aliphatic carbocycles. The molecule has 1 unspecified atom stereocenters. The minimum atomic E-state index is -0.839. The lowest BCUT2D eigenvalue weighted by molar-refractivity contribution is 0.826. The summed E-state index contributed by atoms with van der Waals surface area (Å²) in [5.74, 6) is 0. The summed E-state index contributed by atoms with van der Waals surface area (Å²) in [7, 11) is 0. The van der Waals surface area contributed by atoms with Gasteiger partial charge in [0.05, 0.1) is 1.37 Å². The number of hydrogen-bond donors (Lipinski definition) is 1. The molecule has 1 atom stereocenters. The van der Waals surface area contributed by atoms with E-state index in [0.29, 0.717) is 6.42 Å². The van der Waals surface area contributed by atoms with E-state index in [1.165, 1.54) is 0 Å². The second-order valence-electron chi connectivity index (χ2n) is 1.57. The van der Waals surface area contributed by atoms with E-state index in [9.17, 15) is 0 Å².